The molecular formula is C57H110O6. The average Bonchev–Trinajstić information content (AvgIpc) is 3.28. The van der Waals surface area contributed by atoms with Gasteiger partial charge in [0, 0.05) is 19.3 Å². The summed E-state index contributed by atoms with van der Waals surface area (Å²) in [4.78, 5) is 38.0. The molecule has 6 nitrogen and oxygen atoms in total. The molecule has 374 valence electrons. The van der Waals surface area contributed by atoms with Crippen LogP contribution in [0.3, 0.4) is 0 Å². The van der Waals surface area contributed by atoms with Crippen molar-refractivity contribution in [2.75, 3.05) is 13.2 Å². The first-order valence-electron chi connectivity index (χ1n) is 28.4. The maximum absolute atomic E-state index is 12.8. The van der Waals surface area contributed by atoms with Crippen molar-refractivity contribution in [3.05, 3.63) is 0 Å². The molecule has 0 saturated heterocycles. The lowest BCUT2D eigenvalue weighted by molar-refractivity contribution is -0.167. The van der Waals surface area contributed by atoms with E-state index in [2.05, 4.69) is 27.7 Å². The Morgan fingerprint density at radius 1 is 0.317 bits per heavy atom. The molecule has 0 rings (SSSR count). The largest absolute Gasteiger partial charge is 0.462 e. The summed E-state index contributed by atoms with van der Waals surface area (Å²) in [5, 5.41) is 0. The van der Waals surface area contributed by atoms with Crippen LogP contribution in [-0.4, -0.2) is 37.2 Å². The molecule has 0 fully saturated rings. The van der Waals surface area contributed by atoms with Gasteiger partial charge in [-0.3, -0.25) is 14.4 Å². The fourth-order valence-corrected chi connectivity index (χ4v) is 8.72. The fraction of sp³-hybridized carbons (Fsp3) is 0.947. The molecule has 0 amide bonds. The second kappa shape index (κ2) is 51.4. The molecule has 0 aromatic rings. The zero-order valence-electron chi connectivity index (χ0n) is 43.0. The van der Waals surface area contributed by atoms with E-state index in [0.717, 1.165) is 63.7 Å². The first-order chi connectivity index (χ1) is 30.9. The molecule has 0 spiro atoms. The molecule has 0 aliphatic heterocycles. The van der Waals surface area contributed by atoms with Crippen molar-refractivity contribution in [1.82, 2.24) is 0 Å². The summed E-state index contributed by atoms with van der Waals surface area (Å²) in [6.45, 7) is 9.08. The fourth-order valence-electron chi connectivity index (χ4n) is 8.72. The van der Waals surface area contributed by atoms with Crippen molar-refractivity contribution in [3.63, 3.8) is 0 Å². The van der Waals surface area contributed by atoms with E-state index < -0.39 is 6.10 Å². The van der Waals surface area contributed by atoms with Crippen molar-refractivity contribution in [2.24, 2.45) is 5.92 Å². The Morgan fingerprint density at radius 3 is 0.825 bits per heavy atom. The van der Waals surface area contributed by atoms with Gasteiger partial charge in [0.1, 0.15) is 13.2 Å². The maximum Gasteiger partial charge on any atom is 0.306 e. The second-order valence-corrected chi connectivity index (χ2v) is 19.8. The van der Waals surface area contributed by atoms with Crippen molar-refractivity contribution >= 4 is 17.9 Å². The third-order valence-corrected chi connectivity index (χ3v) is 13.4. The maximum atomic E-state index is 12.8. The van der Waals surface area contributed by atoms with E-state index in [1.165, 1.54) is 218 Å². The Labute approximate surface area is 393 Å². The minimum absolute atomic E-state index is 0.0622. The van der Waals surface area contributed by atoms with Crippen LogP contribution in [0.1, 0.15) is 323 Å². The van der Waals surface area contributed by atoms with Crippen LogP contribution in [-0.2, 0) is 28.6 Å². The van der Waals surface area contributed by atoms with Crippen molar-refractivity contribution < 1.29 is 28.6 Å². The van der Waals surface area contributed by atoms with E-state index in [9.17, 15) is 14.4 Å². The average molecular weight is 892 g/mol. The van der Waals surface area contributed by atoms with Crippen LogP contribution < -0.4 is 0 Å². The van der Waals surface area contributed by atoms with Gasteiger partial charge in [-0.2, -0.15) is 0 Å². The predicted molar refractivity (Wildman–Crippen MR) is 270 cm³/mol. The van der Waals surface area contributed by atoms with E-state index in [1.807, 2.05) is 0 Å². The van der Waals surface area contributed by atoms with Crippen molar-refractivity contribution in [3.8, 4) is 0 Å². The molecule has 2 atom stereocenters. The molecule has 0 saturated carbocycles. The van der Waals surface area contributed by atoms with Gasteiger partial charge in [-0.05, 0) is 25.2 Å². The zero-order valence-corrected chi connectivity index (χ0v) is 43.0. The normalized spacial score (nSPS) is 12.4. The van der Waals surface area contributed by atoms with Crippen LogP contribution in [0.15, 0.2) is 0 Å². The highest BCUT2D eigenvalue weighted by atomic mass is 16.6. The summed E-state index contributed by atoms with van der Waals surface area (Å²) >= 11 is 0. The second-order valence-electron chi connectivity index (χ2n) is 19.8. The van der Waals surface area contributed by atoms with Gasteiger partial charge in [0.15, 0.2) is 6.10 Å². The Morgan fingerprint density at radius 2 is 0.556 bits per heavy atom. The van der Waals surface area contributed by atoms with Crippen LogP contribution in [0.4, 0.5) is 0 Å². The Bertz CT molecular complexity index is 951. The van der Waals surface area contributed by atoms with E-state index in [4.69, 9.17) is 14.2 Å². The molecule has 0 aliphatic rings. The third-order valence-electron chi connectivity index (χ3n) is 13.4. The Balaban J connectivity index is 4.18. The molecule has 0 aliphatic carbocycles. The van der Waals surface area contributed by atoms with Crippen LogP contribution in [0.5, 0.6) is 0 Å². The van der Waals surface area contributed by atoms with E-state index in [0.29, 0.717) is 19.3 Å². The van der Waals surface area contributed by atoms with Gasteiger partial charge >= 0.3 is 17.9 Å². The summed E-state index contributed by atoms with van der Waals surface area (Å²) in [6.07, 6.45) is 55.2. The van der Waals surface area contributed by atoms with Crippen LogP contribution in [0.25, 0.3) is 0 Å². The Kier molecular flexibility index (Phi) is 50.1. The highest BCUT2D eigenvalue weighted by molar-refractivity contribution is 5.71. The number of hydrogen-bond acceptors (Lipinski definition) is 6. The quantitative estimate of drug-likeness (QED) is 0.0344. The van der Waals surface area contributed by atoms with Gasteiger partial charge in [-0.15, -0.1) is 0 Å². The molecular weight excluding hydrogens is 781 g/mol. The first kappa shape index (κ1) is 61.4. The molecule has 0 heterocycles. The number of carbonyl (C=O) groups is 3. The number of rotatable bonds is 52. The van der Waals surface area contributed by atoms with Gasteiger partial charge in [-0.25, -0.2) is 0 Å². The molecule has 63 heavy (non-hydrogen) atoms. The molecule has 0 N–H and O–H groups in total. The molecule has 1 unspecified atom stereocenters. The summed E-state index contributed by atoms with van der Waals surface area (Å²) in [5.41, 5.74) is 0. The minimum atomic E-state index is -0.760. The lowest BCUT2D eigenvalue weighted by Gasteiger charge is -2.18. The molecule has 0 aromatic heterocycles. The van der Waals surface area contributed by atoms with Crippen LogP contribution in [0, 0.1) is 5.92 Å². The number of esters is 3. The van der Waals surface area contributed by atoms with E-state index in [-0.39, 0.29) is 31.1 Å². The summed E-state index contributed by atoms with van der Waals surface area (Å²) in [7, 11) is 0. The highest BCUT2D eigenvalue weighted by Crippen LogP contribution is 2.18. The van der Waals surface area contributed by atoms with Gasteiger partial charge in [0.2, 0.25) is 0 Å². The predicted octanol–water partition coefficient (Wildman–Crippen LogP) is 18.6. The lowest BCUT2D eigenvalue weighted by atomic mass is 9.99. The van der Waals surface area contributed by atoms with E-state index >= 15 is 0 Å². The Hall–Kier alpha value is -1.59. The zero-order chi connectivity index (χ0) is 45.9. The number of ether oxygens (including phenoxy) is 3. The summed E-state index contributed by atoms with van der Waals surface area (Å²) in [5.74, 6) is 0.0685. The van der Waals surface area contributed by atoms with Gasteiger partial charge in [0.25, 0.3) is 0 Å². The number of carbonyl (C=O) groups excluding carboxylic acids is 3. The minimum Gasteiger partial charge on any atom is -0.462 e. The molecule has 0 aromatic carbocycles. The summed E-state index contributed by atoms with van der Waals surface area (Å²) in [6, 6.07) is 0. The SMILES string of the molecule is CCCCCCCCCCCCCCCCC(=O)OC[C@H](COC(=O)CCCCCCCCCCC)OC(=O)CCCCCCCCCCCCCCCCCCCCC(C)CC. The monoisotopic (exact) mass is 891 g/mol. The summed E-state index contributed by atoms with van der Waals surface area (Å²) < 4.78 is 16.8. The third kappa shape index (κ3) is 49.7. The van der Waals surface area contributed by atoms with E-state index in [1.54, 1.807) is 0 Å². The smallest absolute Gasteiger partial charge is 0.306 e. The standard InChI is InChI=1S/C57H110O6/c1-5-8-10-12-14-16-17-18-26-29-33-37-41-45-49-56(59)62-52-54(51-61-55(58)48-44-40-36-31-15-13-11-9-6-2)63-57(60)50-46-42-38-34-30-27-24-22-20-19-21-23-25-28-32-35-39-43-47-53(4)7-3/h53-54H,5-52H2,1-4H3/t53?,54-/m0/s1. The highest BCUT2D eigenvalue weighted by Gasteiger charge is 2.19. The van der Waals surface area contributed by atoms with Crippen molar-refractivity contribution in [1.29, 1.82) is 0 Å². The number of hydrogen-bond donors (Lipinski definition) is 0. The van der Waals surface area contributed by atoms with Crippen LogP contribution in [0.2, 0.25) is 0 Å². The van der Waals surface area contributed by atoms with Crippen LogP contribution >= 0.6 is 0 Å². The van der Waals surface area contributed by atoms with Crippen molar-refractivity contribution in [2.45, 2.75) is 329 Å². The topological polar surface area (TPSA) is 78.9 Å². The molecule has 6 heteroatoms. The molecule has 0 bridgehead atoms. The molecule has 0 radical (unpaired) electrons. The lowest BCUT2D eigenvalue weighted by Crippen LogP contribution is -2.30. The first-order valence-corrected chi connectivity index (χ1v) is 28.4. The van der Waals surface area contributed by atoms with Gasteiger partial charge < -0.3 is 14.2 Å². The van der Waals surface area contributed by atoms with Gasteiger partial charge in [-0.1, -0.05) is 285 Å². The number of unbranched alkanes of at least 4 members (excludes halogenated alkanes) is 38. The van der Waals surface area contributed by atoms with Gasteiger partial charge in [0.05, 0.1) is 0 Å².